The highest BCUT2D eigenvalue weighted by molar-refractivity contribution is 5.93. The van der Waals surface area contributed by atoms with E-state index in [1.54, 1.807) is 0 Å². The highest BCUT2D eigenvalue weighted by atomic mass is 19.2. The number of nitrogens with one attached hydrogen (secondary N) is 2. The highest BCUT2D eigenvalue weighted by Crippen LogP contribution is 2.60. The Hall–Kier alpha value is -2.51. The second kappa shape index (κ2) is 7.72. The van der Waals surface area contributed by atoms with Crippen molar-refractivity contribution in [1.82, 2.24) is 5.32 Å². The quantitative estimate of drug-likeness (QED) is 0.712. The maximum Gasteiger partial charge on any atom is 0.325 e. The molecule has 4 fully saturated rings. The lowest BCUT2D eigenvalue weighted by atomic mass is 9.49. The molecule has 0 heterocycles. The van der Waals surface area contributed by atoms with E-state index in [1.807, 2.05) is 0 Å². The molecule has 6 nitrogen and oxygen atoms in total. The molecule has 4 saturated carbocycles. The standard InChI is InChI=1S/C21H24F2N2O4/c22-16-2-1-15(6-17(16)23)25-18(26)11-29-19(27)10-24-20(28)21-7-12-3-13(8-21)5-14(4-12)9-21/h1-2,6,12-14H,3-5,7-11H2,(H,24,28)(H,25,26). The number of anilines is 1. The molecule has 156 valence electrons. The summed E-state index contributed by atoms with van der Waals surface area (Å²) in [6.07, 6.45) is 6.37. The van der Waals surface area contributed by atoms with Crippen LogP contribution in [0.5, 0.6) is 0 Å². The maximum absolute atomic E-state index is 13.1. The van der Waals surface area contributed by atoms with Crippen molar-refractivity contribution in [3.63, 3.8) is 0 Å². The predicted molar refractivity (Wildman–Crippen MR) is 99.6 cm³/mol. The molecular formula is C21H24F2N2O4. The number of amides is 2. The minimum atomic E-state index is -1.09. The molecule has 29 heavy (non-hydrogen) atoms. The van der Waals surface area contributed by atoms with Crippen LogP contribution in [-0.4, -0.2) is 30.9 Å². The van der Waals surface area contributed by atoms with E-state index in [1.165, 1.54) is 25.3 Å². The molecule has 0 atom stereocenters. The molecule has 2 amide bonds. The van der Waals surface area contributed by atoms with E-state index in [-0.39, 0.29) is 23.6 Å². The second-order valence-corrected chi connectivity index (χ2v) is 8.72. The molecule has 1 aromatic rings. The van der Waals surface area contributed by atoms with Gasteiger partial charge in [-0.15, -0.1) is 0 Å². The summed E-state index contributed by atoms with van der Waals surface area (Å²) in [5, 5.41) is 5.00. The molecule has 4 aliphatic rings. The number of esters is 1. The van der Waals surface area contributed by atoms with E-state index in [2.05, 4.69) is 10.6 Å². The largest absolute Gasteiger partial charge is 0.454 e. The van der Waals surface area contributed by atoms with Gasteiger partial charge in [-0.25, -0.2) is 8.78 Å². The molecule has 1 aromatic carbocycles. The Morgan fingerprint density at radius 2 is 1.62 bits per heavy atom. The zero-order valence-corrected chi connectivity index (χ0v) is 16.0. The minimum Gasteiger partial charge on any atom is -0.454 e. The van der Waals surface area contributed by atoms with E-state index in [4.69, 9.17) is 4.74 Å². The topological polar surface area (TPSA) is 84.5 Å². The molecule has 0 unspecified atom stereocenters. The van der Waals surface area contributed by atoms with Crippen molar-refractivity contribution < 1.29 is 27.9 Å². The fourth-order valence-corrected chi connectivity index (χ4v) is 5.70. The summed E-state index contributed by atoms with van der Waals surface area (Å²) < 4.78 is 30.9. The SMILES string of the molecule is O=C(COC(=O)CNC(=O)C12CC3CC(CC(C3)C1)C2)Nc1ccc(F)c(F)c1. The zero-order valence-electron chi connectivity index (χ0n) is 16.0. The number of ether oxygens (including phenoxy) is 1. The predicted octanol–water partition coefficient (Wildman–Crippen LogP) is 2.78. The van der Waals surface area contributed by atoms with Crippen LogP contribution in [0.1, 0.15) is 38.5 Å². The molecule has 0 aliphatic heterocycles. The number of benzene rings is 1. The third-order valence-electron chi connectivity index (χ3n) is 6.48. The summed E-state index contributed by atoms with van der Waals surface area (Å²) >= 11 is 0. The Morgan fingerprint density at radius 3 is 2.21 bits per heavy atom. The van der Waals surface area contributed by atoms with Crippen molar-refractivity contribution in [2.45, 2.75) is 38.5 Å². The first-order valence-corrected chi connectivity index (χ1v) is 10.0. The Kier molecular flexibility index (Phi) is 5.27. The molecule has 2 N–H and O–H groups in total. The van der Waals surface area contributed by atoms with Gasteiger partial charge in [0, 0.05) is 17.2 Å². The smallest absolute Gasteiger partial charge is 0.325 e. The van der Waals surface area contributed by atoms with Gasteiger partial charge in [-0.05, 0) is 68.4 Å². The summed E-state index contributed by atoms with van der Waals surface area (Å²) in [4.78, 5) is 36.5. The molecule has 5 rings (SSSR count). The van der Waals surface area contributed by atoms with Crippen molar-refractivity contribution >= 4 is 23.5 Å². The molecule has 0 aromatic heterocycles. The molecule has 8 heteroatoms. The average Bonchev–Trinajstić information content (AvgIpc) is 2.66. The van der Waals surface area contributed by atoms with Gasteiger partial charge in [0.1, 0.15) is 6.54 Å². The van der Waals surface area contributed by atoms with Crippen LogP contribution < -0.4 is 10.6 Å². The van der Waals surface area contributed by atoms with Crippen LogP contribution in [0.4, 0.5) is 14.5 Å². The van der Waals surface area contributed by atoms with Gasteiger partial charge in [-0.1, -0.05) is 0 Å². The Balaban J connectivity index is 1.21. The Morgan fingerprint density at radius 1 is 1.00 bits per heavy atom. The number of hydrogen-bond donors (Lipinski definition) is 2. The summed E-state index contributed by atoms with van der Waals surface area (Å²) in [7, 11) is 0. The monoisotopic (exact) mass is 406 g/mol. The molecular weight excluding hydrogens is 382 g/mol. The lowest BCUT2D eigenvalue weighted by molar-refractivity contribution is -0.152. The highest BCUT2D eigenvalue weighted by Gasteiger charge is 2.54. The van der Waals surface area contributed by atoms with Gasteiger partial charge in [0.05, 0.1) is 0 Å². The number of rotatable bonds is 6. The Labute approximate surface area is 167 Å². The first kappa shape index (κ1) is 19.8. The number of carbonyl (C=O) groups excluding carboxylic acids is 3. The molecule has 0 spiro atoms. The van der Waals surface area contributed by atoms with Crippen LogP contribution in [0.25, 0.3) is 0 Å². The third-order valence-corrected chi connectivity index (χ3v) is 6.48. The Bertz CT molecular complexity index is 807. The summed E-state index contributed by atoms with van der Waals surface area (Å²) in [6.45, 7) is -0.871. The van der Waals surface area contributed by atoms with Crippen molar-refractivity contribution in [1.29, 1.82) is 0 Å². The fraction of sp³-hybridized carbons (Fsp3) is 0.571. The lowest BCUT2D eigenvalue weighted by Gasteiger charge is -2.55. The summed E-state index contributed by atoms with van der Waals surface area (Å²) in [5.74, 6) is -1.73. The van der Waals surface area contributed by atoms with Crippen molar-refractivity contribution in [3.05, 3.63) is 29.8 Å². The van der Waals surface area contributed by atoms with Crippen molar-refractivity contribution in [2.24, 2.45) is 23.2 Å². The third kappa shape index (κ3) is 4.26. The number of hydrogen-bond acceptors (Lipinski definition) is 4. The molecule has 4 aliphatic carbocycles. The van der Waals surface area contributed by atoms with E-state index in [0.717, 1.165) is 31.4 Å². The first-order chi connectivity index (χ1) is 13.8. The summed E-state index contributed by atoms with van der Waals surface area (Å²) in [6, 6.07) is 2.92. The van der Waals surface area contributed by atoms with E-state index < -0.39 is 30.1 Å². The first-order valence-electron chi connectivity index (χ1n) is 10.0. The van der Waals surface area contributed by atoms with Gasteiger partial charge >= 0.3 is 5.97 Å². The van der Waals surface area contributed by atoms with E-state index in [0.29, 0.717) is 17.8 Å². The van der Waals surface area contributed by atoms with Crippen LogP contribution in [0.15, 0.2) is 18.2 Å². The lowest BCUT2D eigenvalue weighted by Crippen LogP contribution is -2.54. The van der Waals surface area contributed by atoms with Crippen molar-refractivity contribution in [2.75, 3.05) is 18.5 Å². The van der Waals surface area contributed by atoms with Gasteiger partial charge in [-0.2, -0.15) is 0 Å². The fourth-order valence-electron chi connectivity index (χ4n) is 5.70. The minimum absolute atomic E-state index is 0.0556. The van der Waals surface area contributed by atoms with Crippen LogP contribution in [0.2, 0.25) is 0 Å². The van der Waals surface area contributed by atoms with Gasteiger partial charge in [0.2, 0.25) is 5.91 Å². The zero-order chi connectivity index (χ0) is 20.6. The van der Waals surface area contributed by atoms with Gasteiger partial charge < -0.3 is 15.4 Å². The molecule has 0 saturated heterocycles. The normalized spacial score (nSPS) is 29.4. The second-order valence-electron chi connectivity index (χ2n) is 8.72. The summed E-state index contributed by atoms with van der Waals surface area (Å²) in [5.41, 5.74) is -0.293. The van der Waals surface area contributed by atoms with E-state index in [9.17, 15) is 23.2 Å². The van der Waals surface area contributed by atoms with Crippen LogP contribution >= 0.6 is 0 Å². The van der Waals surface area contributed by atoms with Crippen LogP contribution in [0, 0.1) is 34.8 Å². The number of halogens is 2. The van der Waals surface area contributed by atoms with Crippen molar-refractivity contribution in [3.8, 4) is 0 Å². The van der Waals surface area contributed by atoms with Crippen LogP contribution in [0.3, 0.4) is 0 Å². The van der Waals surface area contributed by atoms with Gasteiger partial charge in [-0.3, -0.25) is 14.4 Å². The average molecular weight is 406 g/mol. The van der Waals surface area contributed by atoms with Gasteiger partial charge in [0.15, 0.2) is 18.2 Å². The van der Waals surface area contributed by atoms with E-state index >= 15 is 0 Å². The maximum atomic E-state index is 13.1. The van der Waals surface area contributed by atoms with Gasteiger partial charge in [0.25, 0.3) is 5.91 Å². The van der Waals surface area contributed by atoms with Crippen LogP contribution in [-0.2, 0) is 19.1 Å². The molecule has 4 bridgehead atoms. The number of carbonyl (C=O) groups is 3. The molecule has 0 radical (unpaired) electrons.